The van der Waals surface area contributed by atoms with Crippen LogP contribution in [-0.2, 0) is 4.74 Å². The Morgan fingerprint density at radius 3 is 2.84 bits per heavy atom. The summed E-state index contributed by atoms with van der Waals surface area (Å²) in [6.07, 6.45) is 3.36. The summed E-state index contributed by atoms with van der Waals surface area (Å²) in [4.78, 5) is 13.7. The molecule has 2 aromatic heterocycles. The molecule has 3 fully saturated rings. The summed E-state index contributed by atoms with van der Waals surface area (Å²) in [6.45, 7) is 1.97. The summed E-state index contributed by atoms with van der Waals surface area (Å²) >= 11 is 7.92. The number of halogens is 5. The Labute approximate surface area is 288 Å². The van der Waals surface area contributed by atoms with E-state index in [0.717, 1.165) is 43.7 Å². The molecular formula is C34H33ClF4N6O3S. The zero-order chi connectivity index (χ0) is 34.2. The molecule has 8 rings (SSSR count). The molecule has 3 saturated heterocycles. The number of rotatable bonds is 6. The van der Waals surface area contributed by atoms with E-state index in [9.17, 15) is 14.0 Å². The van der Waals surface area contributed by atoms with Gasteiger partial charge in [-0.15, -0.1) is 11.3 Å². The van der Waals surface area contributed by atoms with Crippen molar-refractivity contribution < 1.29 is 31.8 Å². The number of ether oxygens (including phenoxy) is 3. The van der Waals surface area contributed by atoms with Crippen molar-refractivity contribution in [1.82, 2.24) is 14.9 Å². The number of benzene rings is 2. The summed E-state index contributed by atoms with van der Waals surface area (Å²) in [5.74, 6) is -0.633. The molecule has 0 amide bonds. The van der Waals surface area contributed by atoms with Crippen molar-refractivity contribution in [2.24, 2.45) is 5.92 Å². The van der Waals surface area contributed by atoms with Crippen LogP contribution in [0.15, 0.2) is 12.1 Å². The van der Waals surface area contributed by atoms with Crippen molar-refractivity contribution in [2.75, 3.05) is 43.5 Å². The van der Waals surface area contributed by atoms with E-state index in [4.69, 9.17) is 36.5 Å². The van der Waals surface area contributed by atoms with Crippen LogP contribution in [0.4, 0.5) is 28.4 Å². The van der Waals surface area contributed by atoms with Crippen molar-refractivity contribution >= 4 is 54.7 Å². The summed E-state index contributed by atoms with van der Waals surface area (Å²) in [5, 5.41) is 10.2. The van der Waals surface area contributed by atoms with Crippen molar-refractivity contribution in [1.29, 1.82) is 5.26 Å². The predicted molar refractivity (Wildman–Crippen MR) is 179 cm³/mol. The quantitative estimate of drug-likeness (QED) is 0.203. The Hall–Kier alpha value is -3.64. The fourth-order valence-electron chi connectivity index (χ4n) is 8.61. The van der Waals surface area contributed by atoms with Crippen LogP contribution >= 0.6 is 22.9 Å². The van der Waals surface area contributed by atoms with E-state index in [0.29, 0.717) is 31.9 Å². The van der Waals surface area contributed by atoms with Gasteiger partial charge in [0.05, 0.1) is 45.0 Å². The zero-order valence-corrected chi connectivity index (χ0v) is 28.2. The molecule has 0 spiro atoms. The highest BCUT2D eigenvalue weighted by Crippen LogP contribution is 2.51. The Morgan fingerprint density at radius 1 is 1.20 bits per heavy atom. The first kappa shape index (κ1) is 32.6. The van der Waals surface area contributed by atoms with Gasteiger partial charge in [0.2, 0.25) is 0 Å². The molecule has 4 aromatic rings. The van der Waals surface area contributed by atoms with Crippen molar-refractivity contribution in [3.8, 4) is 29.0 Å². The summed E-state index contributed by atoms with van der Waals surface area (Å²) in [7, 11) is 0. The molecule has 4 aliphatic heterocycles. The van der Waals surface area contributed by atoms with Crippen LogP contribution in [0.2, 0.25) is 5.02 Å². The second-order valence-electron chi connectivity index (χ2n) is 13.5. The first-order valence-corrected chi connectivity index (χ1v) is 17.6. The number of nitriles is 1. The molecule has 4 atom stereocenters. The zero-order valence-electron chi connectivity index (χ0n) is 26.6. The lowest BCUT2D eigenvalue weighted by Crippen LogP contribution is -2.51. The van der Waals surface area contributed by atoms with Gasteiger partial charge in [0.1, 0.15) is 34.8 Å². The summed E-state index contributed by atoms with van der Waals surface area (Å²) in [5.41, 5.74) is 5.77. The molecule has 6 heterocycles. The van der Waals surface area contributed by atoms with E-state index in [1.54, 1.807) is 0 Å². The highest BCUT2D eigenvalue weighted by Gasteiger charge is 2.48. The van der Waals surface area contributed by atoms with Crippen LogP contribution in [0.1, 0.15) is 51.0 Å². The van der Waals surface area contributed by atoms with Gasteiger partial charge in [-0.25, -0.2) is 8.78 Å². The van der Waals surface area contributed by atoms with Gasteiger partial charge in [-0.3, -0.25) is 4.90 Å². The highest BCUT2D eigenvalue weighted by molar-refractivity contribution is 7.23. The Bertz CT molecular complexity index is 2030. The third-order valence-electron chi connectivity index (χ3n) is 10.5. The maximum Gasteiger partial charge on any atom is 0.345 e. The van der Waals surface area contributed by atoms with Gasteiger partial charge in [-0.2, -0.15) is 24.0 Å². The van der Waals surface area contributed by atoms with Gasteiger partial charge in [0.15, 0.2) is 11.6 Å². The van der Waals surface area contributed by atoms with E-state index in [1.807, 2.05) is 11.0 Å². The number of fused-ring (bicyclic) bond motifs is 4. The van der Waals surface area contributed by atoms with Crippen molar-refractivity contribution in [2.45, 2.75) is 69.7 Å². The maximum atomic E-state index is 17.3. The minimum Gasteiger partial charge on any atom is -0.491 e. The summed E-state index contributed by atoms with van der Waals surface area (Å²) in [6, 6.07) is 3.94. The SMILES string of the molecule is C[C@H]1CN2CCCC2(COc2nc3c4c(c(Cl)c(-c5ccc(F)c6sc(N)c(C#N)c56)c(F)c4n2)OCCC2C(OC(F)F)CCCN32)C1. The molecule has 2 N–H and O–H groups in total. The molecule has 49 heavy (non-hydrogen) atoms. The van der Waals surface area contributed by atoms with Gasteiger partial charge >= 0.3 is 12.6 Å². The van der Waals surface area contributed by atoms with Crippen LogP contribution in [0.3, 0.4) is 0 Å². The van der Waals surface area contributed by atoms with E-state index in [2.05, 4.69) is 16.8 Å². The number of nitrogens with zero attached hydrogens (tertiary/aromatic N) is 5. The highest BCUT2D eigenvalue weighted by atomic mass is 35.5. The lowest BCUT2D eigenvalue weighted by molar-refractivity contribution is -0.173. The molecule has 3 unspecified atom stereocenters. The topological polar surface area (TPSA) is 110 Å². The van der Waals surface area contributed by atoms with Crippen molar-refractivity contribution in [3.05, 3.63) is 34.4 Å². The van der Waals surface area contributed by atoms with E-state index in [-0.39, 0.29) is 83.8 Å². The fourth-order valence-corrected chi connectivity index (χ4v) is 9.89. The second-order valence-corrected chi connectivity index (χ2v) is 14.9. The molecular weight excluding hydrogens is 684 g/mol. The minimum atomic E-state index is -2.97. The minimum absolute atomic E-state index is 0.00782. The second kappa shape index (κ2) is 12.3. The van der Waals surface area contributed by atoms with E-state index >= 15 is 8.78 Å². The van der Waals surface area contributed by atoms with E-state index < -0.39 is 30.4 Å². The van der Waals surface area contributed by atoms with E-state index in [1.165, 1.54) is 12.1 Å². The molecule has 0 saturated carbocycles. The van der Waals surface area contributed by atoms with Gasteiger partial charge in [-0.1, -0.05) is 24.6 Å². The van der Waals surface area contributed by atoms with Crippen LogP contribution in [0.25, 0.3) is 32.1 Å². The predicted octanol–water partition coefficient (Wildman–Crippen LogP) is 7.51. The maximum absolute atomic E-state index is 17.3. The largest absolute Gasteiger partial charge is 0.491 e. The molecule has 2 aromatic carbocycles. The molecule has 9 nitrogen and oxygen atoms in total. The number of hydrogen-bond donors (Lipinski definition) is 1. The number of hydrogen-bond acceptors (Lipinski definition) is 10. The molecule has 0 aliphatic carbocycles. The van der Waals surface area contributed by atoms with Crippen molar-refractivity contribution in [3.63, 3.8) is 0 Å². The number of nitrogen functional groups attached to an aromatic ring is 1. The standard InChI is InChI=1S/C34H33ClF4N6O3S/c1-16-12-34(8-3-9-44(34)14-16)15-47-33-42-27-24-28(46-11-7-20-21(48-32(38)39)4-2-10-45(20)31(24)43-33)25(35)23(26(27)37)17-5-6-19(36)29-22(17)18(13-40)30(41)49-29/h5-6,16,20-21,32H,2-4,7-12,14-15,41H2,1H3/t16-,20?,21?,34?/m1/s1. The number of thiophene rings is 1. The number of aromatic nitrogens is 2. The van der Waals surface area contributed by atoms with Gasteiger partial charge < -0.3 is 24.8 Å². The number of alkyl halides is 2. The first-order chi connectivity index (χ1) is 23.6. The number of piperidine rings is 1. The molecule has 4 aliphatic rings. The third kappa shape index (κ3) is 5.23. The Balaban J connectivity index is 1.35. The molecule has 15 heteroatoms. The molecule has 0 radical (unpaired) electrons. The average molecular weight is 717 g/mol. The average Bonchev–Trinajstić information content (AvgIpc) is 3.71. The lowest BCUT2D eigenvalue weighted by atomic mass is 9.91. The molecule has 258 valence electrons. The third-order valence-corrected chi connectivity index (χ3v) is 11.9. The van der Waals surface area contributed by atoms with Gasteiger partial charge in [-0.05, 0) is 56.2 Å². The van der Waals surface area contributed by atoms with Crippen LogP contribution in [0, 0.1) is 28.9 Å². The molecule has 0 bridgehead atoms. The first-order valence-electron chi connectivity index (χ1n) is 16.4. The monoisotopic (exact) mass is 716 g/mol. The van der Waals surface area contributed by atoms with Crippen LogP contribution < -0.4 is 20.1 Å². The van der Waals surface area contributed by atoms with Crippen LogP contribution in [-0.4, -0.2) is 72.0 Å². The fraction of sp³-hybridized carbons (Fsp3) is 0.500. The Morgan fingerprint density at radius 2 is 2.04 bits per heavy atom. The smallest absolute Gasteiger partial charge is 0.345 e. The van der Waals surface area contributed by atoms with Gasteiger partial charge in [0, 0.05) is 30.5 Å². The van der Waals surface area contributed by atoms with Crippen LogP contribution in [0.5, 0.6) is 11.8 Å². The number of anilines is 2. The number of nitrogens with two attached hydrogens (primary N) is 1. The Kier molecular flexibility index (Phi) is 8.17. The normalized spacial score (nSPS) is 25.3. The summed E-state index contributed by atoms with van der Waals surface area (Å²) < 4.78 is 77.1. The lowest BCUT2D eigenvalue weighted by Gasteiger charge is -2.43. The van der Waals surface area contributed by atoms with Gasteiger partial charge in [0.25, 0.3) is 0 Å².